The van der Waals surface area contributed by atoms with Crippen molar-refractivity contribution in [3.8, 4) is 17.0 Å². The van der Waals surface area contributed by atoms with E-state index in [2.05, 4.69) is 46.7 Å². The van der Waals surface area contributed by atoms with Crippen LogP contribution in [-0.2, 0) is 6.42 Å². The lowest BCUT2D eigenvalue weighted by atomic mass is 10.1. The number of rotatable bonds is 4. The Morgan fingerprint density at radius 2 is 1.96 bits per heavy atom. The number of amides is 1. The minimum absolute atomic E-state index is 0.130. The van der Waals surface area contributed by atoms with Gasteiger partial charge in [-0.05, 0) is 65.1 Å². The fraction of sp³-hybridized carbons (Fsp3) is 0.217. The molecule has 2 aliphatic rings. The van der Waals surface area contributed by atoms with Crippen molar-refractivity contribution in [2.24, 2.45) is 0 Å². The smallest absolute Gasteiger partial charge is 0.261 e. The van der Waals surface area contributed by atoms with E-state index in [9.17, 15) is 4.79 Å². The second-order valence-electron chi connectivity index (χ2n) is 7.12. The van der Waals surface area contributed by atoms with Gasteiger partial charge in [-0.3, -0.25) is 4.79 Å². The number of nitrogens with zero attached hydrogens (tertiary/aromatic N) is 1. The van der Waals surface area contributed by atoms with Gasteiger partial charge in [0.1, 0.15) is 11.7 Å². The van der Waals surface area contributed by atoms with Gasteiger partial charge in [0, 0.05) is 17.6 Å². The number of hydrogen-bond donors (Lipinski definition) is 1. The standard InChI is InChI=1S/C23H20N2O2S/c26-22(21-6-3-10-24-23(21)27-18-9-11-28-14-18)25-17-7-8-20-16(13-17)12-15-4-1-2-5-19(15)20/h1-8,10,13,18H,9,11-12,14H2,(H,25,26). The second kappa shape index (κ2) is 7.32. The van der Waals surface area contributed by atoms with Crippen molar-refractivity contribution in [2.75, 3.05) is 16.8 Å². The number of hydrogen-bond acceptors (Lipinski definition) is 4. The lowest BCUT2D eigenvalue weighted by Crippen LogP contribution is -2.20. The van der Waals surface area contributed by atoms with Gasteiger partial charge >= 0.3 is 0 Å². The molecule has 0 spiro atoms. The number of carbonyl (C=O) groups excluding carboxylic acids is 1. The predicted octanol–water partition coefficient (Wildman–Crippen LogP) is 4.79. The van der Waals surface area contributed by atoms with Crippen molar-refractivity contribution < 1.29 is 9.53 Å². The van der Waals surface area contributed by atoms with Crippen LogP contribution in [0.5, 0.6) is 5.88 Å². The Hall–Kier alpha value is -2.79. The monoisotopic (exact) mass is 388 g/mol. The number of fused-ring (bicyclic) bond motifs is 3. The number of anilines is 1. The highest BCUT2D eigenvalue weighted by atomic mass is 32.2. The van der Waals surface area contributed by atoms with Crippen LogP contribution in [0.3, 0.4) is 0 Å². The third kappa shape index (κ3) is 3.27. The quantitative estimate of drug-likeness (QED) is 0.546. The van der Waals surface area contributed by atoms with Crippen molar-refractivity contribution in [3.05, 3.63) is 77.5 Å². The molecule has 28 heavy (non-hydrogen) atoms. The van der Waals surface area contributed by atoms with E-state index >= 15 is 0 Å². The zero-order valence-electron chi connectivity index (χ0n) is 15.4. The van der Waals surface area contributed by atoms with Gasteiger partial charge in [0.25, 0.3) is 5.91 Å². The van der Waals surface area contributed by atoms with Crippen molar-refractivity contribution in [2.45, 2.75) is 18.9 Å². The molecule has 1 aromatic heterocycles. The van der Waals surface area contributed by atoms with Crippen LogP contribution in [0.15, 0.2) is 60.8 Å². The number of nitrogens with one attached hydrogen (secondary N) is 1. The molecule has 140 valence electrons. The Morgan fingerprint density at radius 3 is 2.86 bits per heavy atom. The van der Waals surface area contributed by atoms with Gasteiger partial charge in [-0.25, -0.2) is 4.98 Å². The van der Waals surface area contributed by atoms with Crippen LogP contribution in [0.25, 0.3) is 11.1 Å². The Bertz CT molecular complexity index is 1040. The maximum Gasteiger partial charge on any atom is 0.261 e. The summed E-state index contributed by atoms with van der Waals surface area (Å²) in [5.41, 5.74) is 6.37. The summed E-state index contributed by atoms with van der Waals surface area (Å²) in [5, 5.41) is 3.02. The second-order valence-corrected chi connectivity index (χ2v) is 8.27. The van der Waals surface area contributed by atoms with Crippen molar-refractivity contribution >= 4 is 23.4 Å². The van der Waals surface area contributed by atoms with Gasteiger partial charge in [0.2, 0.25) is 5.88 Å². The maximum atomic E-state index is 12.9. The maximum absolute atomic E-state index is 12.9. The van der Waals surface area contributed by atoms with Crippen molar-refractivity contribution in [1.29, 1.82) is 0 Å². The minimum Gasteiger partial charge on any atom is -0.473 e. The molecule has 1 unspecified atom stereocenters. The van der Waals surface area contributed by atoms with E-state index in [1.807, 2.05) is 17.8 Å². The fourth-order valence-corrected chi connectivity index (χ4v) is 4.94. The third-order valence-electron chi connectivity index (χ3n) is 5.23. The van der Waals surface area contributed by atoms with Crippen LogP contribution in [0.1, 0.15) is 27.9 Å². The Kier molecular flexibility index (Phi) is 4.53. The largest absolute Gasteiger partial charge is 0.473 e. The van der Waals surface area contributed by atoms with E-state index in [0.29, 0.717) is 11.4 Å². The first-order chi connectivity index (χ1) is 13.8. The molecule has 2 heterocycles. The summed E-state index contributed by atoms with van der Waals surface area (Å²) in [4.78, 5) is 17.2. The molecule has 1 saturated heterocycles. The van der Waals surface area contributed by atoms with Crippen LogP contribution < -0.4 is 10.1 Å². The number of pyridine rings is 1. The normalized spacial score (nSPS) is 17.1. The Labute approximate surface area is 168 Å². The first-order valence-electron chi connectivity index (χ1n) is 9.50. The lowest BCUT2D eigenvalue weighted by molar-refractivity contribution is 0.101. The summed E-state index contributed by atoms with van der Waals surface area (Å²) in [6.45, 7) is 0. The van der Waals surface area contributed by atoms with Crippen LogP contribution in [0.2, 0.25) is 0 Å². The lowest BCUT2D eigenvalue weighted by Gasteiger charge is -2.15. The number of carbonyl (C=O) groups is 1. The number of benzene rings is 2. The molecule has 3 aromatic rings. The summed E-state index contributed by atoms with van der Waals surface area (Å²) < 4.78 is 5.99. The number of thioether (sulfide) groups is 1. The average molecular weight is 388 g/mol. The molecular weight excluding hydrogens is 368 g/mol. The summed E-state index contributed by atoms with van der Waals surface area (Å²) in [6.07, 6.45) is 3.69. The van der Waals surface area contributed by atoms with E-state index in [0.717, 1.165) is 30.0 Å². The van der Waals surface area contributed by atoms with Crippen LogP contribution in [0.4, 0.5) is 5.69 Å². The molecule has 0 radical (unpaired) electrons. The fourth-order valence-electron chi connectivity index (χ4n) is 3.84. The molecule has 0 bridgehead atoms. The summed E-state index contributed by atoms with van der Waals surface area (Å²) in [7, 11) is 0. The third-order valence-corrected chi connectivity index (χ3v) is 6.37. The summed E-state index contributed by atoms with van der Waals surface area (Å²) in [6, 6.07) is 18.1. The summed E-state index contributed by atoms with van der Waals surface area (Å²) >= 11 is 1.87. The van der Waals surface area contributed by atoms with Gasteiger partial charge in [0.05, 0.1) is 0 Å². The molecule has 1 fully saturated rings. The average Bonchev–Trinajstić information content (AvgIpc) is 3.35. The zero-order chi connectivity index (χ0) is 18.9. The molecule has 5 rings (SSSR count). The molecule has 1 amide bonds. The van der Waals surface area contributed by atoms with Crippen molar-refractivity contribution in [1.82, 2.24) is 4.98 Å². The van der Waals surface area contributed by atoms with Crippen LogP contribution in [0, 0.1) is 0 Å². The molecule has 1 aliphatic carbocycles. The summed E-state index contributed by atoms with van der Waals surface area (Å²) in [5.74, 6) is 2.27. The van der Waals surface area contributed by atoms with Crippen molar-refractivity contribution in [3.63, 3.8) is 0 Å². The molecule has 0 saturated carbocycles. The highest BCUT2D eigenvalue weighted by Gasteiger charge is 2.22. The number of ether oxygens (including phenoxy) is 1. The predicted molar refractivity (Wildman–Crippen MR) is 113 cm³/mol. The minimum atomic E-state index is -0.191. The molecule has 1 aliphatic heterocycles. The Balaban J connectivity index is 1.36. The van der Waals surface area contributed by atoms with E-state index in [1.165, 1.54) is 22.3 Å². The molecular formula is C23H20N2O2S. The molecule has 2 aromatic carbocycles. The Morgan fingerprint density at radius 1 is 1.07 bits per heavy atom. The molecule has 1 atom stereocenters. The molecule has 4 nitrogen and oxygen atoms in total. The van der Waals surface area contributed by atoms with E-state index in [-0.39, 0.29) is 12.0 Å². The SMILES string of the molecule is O=C(Nc1ccc2c(c1)Cc1ccccc1-2)c1cccnc1OC1CCSC1. The molecule has 5 heteroatoms. The van der Waals surface area contributed by atoms with Gasteiger partial charge in [-0.2, -0.15) is 11.8 Å². The van der Waals surface area contributed by atoms with Crippen LogP contribution >= 0.6 is 11.8 Å². The van der Waals surface area contributed by atoms with E-state index in [4.69, 9.17) is 4.74 Å². The van der Waals surface area contributed by atoms with Crippen LogP contribution in [-0.4, -0.2) is 28.5 Å². The van der Waals surface area contributed by atoms with Gasteiger partial charge < -0.3 is 10.1 Å². The van der Waals surface area contributed by atoms with Gasteiger partial charge in [-0.1, -0.05) is 30.3 Å². The first-order valence-corrected chi connectivity index (χ1v) is 10.7. The van der Waals surface area contributed by atoms with E-state index in [1.54, 1.807) is 18.3 Å². The topological polar surface area (TPSA) is 51.2 Å². The van der Waals surface area contributed by atoms with E-state index < -0.39 is 0 Å². The first kappa shape index (κ1) is 17.3. The highest BCUT2D eigenvalue weighted by Crippen LogP contribution is 2.37. The highest BCUT2D eigenvalue weighted by molar-refractivity contribution is 7.99. The molecule has 1 N–H and O–H groups in total. The van der Waals surface area contributed by atoms with Gasteiger partial charge in [-0.15, -0.1) is 0 Å². The van der Waals surface area contributed by atoms with Gasteiger partial charge in [0.15, 0.2) is 0 Å². The zero-order valence-corrected chi connectivity index (χ0v) is 16.2. The number of aromatic nitrogens is 1.